The van der Waals surface area contributed by atoms with Crippen molar-refractivity contribution in [2.24, 2.45) is 5.41 Å². The normalized spacial score (nSPS) is 11.4. The minimum absolute atomic E-state index is 0.00756. The molecule has 2 N–H and O–H groups in total. The molecule has 0 aliphatic rings. The number of aliphatic hydroxyl groups is 1. The number of amides is 1. The molecule has 1 amide bonds. The molecule has 1 aromatic rings. The zero-order valence-corrected chi connectivity index (χ0v) is 11.5. The molecule has 1 rings (SSSR count). The fourth-order valence-electron chi connectivity index (χ4n) is 1.16. The van der Waals surface area contributed by atoms with Crippen LogP contribution in [-0.4, -0.2) is 24.2 Å². The molecule has 0 aliphatic carbocycles. The standard InChI is InChI=1S/C12H16ClNO2S/c1-12(2,7-15)6-14-11(16)9-5-8(17)3-4-10(9)13/h3-5,15,17H,6-7H2,1-2H3,(H,14,16). The van der Waals surface area contributed by atoms with E-state index in [0.717, 1.165) is 0 Å². The average Bonchev–Trinajstić information content (AvgIpc) is 2.29. The topological polar surface area (TPSA) is 49.3 Å². The Labute approximate surface area is 112 Å². The Hall–Kier alpha value is -0.710. The average molecular weight is 274 g/mol. The van der Waals surface area contributed by atoms with Gasteiger partial charge in [-0.05, 0) is 18.2 Å². The molecular formula is C12H16ClNO2S. The van der Waals surface area contributed by atoms with Gasteiger partial charge in [0, 0.05) is 23.5 Å². The molecule has 5 heteroatoms. The first kappa shape index (κ1) is 14.4. The minimum atomic E-state index is -0.347. The monoisotopic (exact) mass is 273 g/mol. The second kappa shape index (κ2) is 5.76. The number of thiol groups is 1. The van der Waals surface area contributed by atoms with E-state index in [9.17, 15) is 4.79 Å². The number of hydrogen-bond acceptors (Lipinski definition) is 3. The molecule has 0 spiro atoms. The molecule has 0 fully saturated rings. The van der Waals surface area contributed by atoms with Gasteiger partial charge in [-0.25, -0.2) is 0 Å². The first-order valence-corrected chi connectivity index (χ1v) is 6.06. The van der Waals surface area contributed by atoms with E-state index in [2.05, 4.69) is 17.9 Å². The second-order valence-corrected chi connectivity index (χ2v) is 5.59. The molecular weight excluding hydrogens is 258 g/mol. The van der Waals surface area contributed by atoms with Crippen molar-refractivity contribution in [2.75, 3.05) is 13.2 Å². The summed E-state index contributed by atoms with van der Waals surface area (Å²) in [5, 5.41) is 12.2. The van der Waals surface area contributed by atoms with E-state index in [1.165, 1.54) is 0 Å². The molecule has 1 aromatic carbocycles. The van der Waals surface area contributed by atoms with Crippen LogP contribution in [0.4, 0.5) is 0 Å². The molecule has 94 valence electrons. The van der Waals surface area contributed by atoms with Crippen molar-refractivity contribution in [1.29, 1.82) is 0 Å². The molecule has 0 heterocycles. The predicted octanol–water partition coefficient (Wildman–Crippen LogP) is 2.38. The summed E-state index contributed by atoms with van der Waals surface area (Å²) in [5.74, 6) is -0.257. The van der Waals surface area contributed by atoms with E-state index in [1.54, 1.807) is 18.2 Å². The van der Waals surface area contributed by atoms with Crippen LogP contribution >= 0.6 is 24.2 Å². The van der Waals surface area contributed by atoms with Gasteiger partial charge in [0.25, 0.3) is 5.91 Å². The maximum atomic E-state index is 11.9. The highest BCUT2D eigenvalue weighted by Crippen LogP contribution is 2.20. The molecule has 0 radical (unpaired) electrons. The van der Waals surface area contributed by atoms with Crippen LogP contribution in [0.2, 0.25) is 5.02 Å². The maximum Gasteiger partial charge on any atom is 0.252 e. The number of benzene rings is 1. The summed E-state index contributed by atoms with van der Waals surface area (Å²) >= 11 is 10.1. The number of aliphatic hydroxyl groups excluding tert-OH is 1. The van der Waals surface area contributed by atoms with E-state index in [1.807, 2.05) is 13.8 Å². The molecule has 0 saturated heterocycles. The van der Waals surface area contributed by atoms with Gasteiger partial charge in [0.05, 0.1) is 10.6 Å². The first-order valence-electron chi connectivity index (χ1n) is 5.23. The lowest BCUT2D eigenvalue weighted by Gasteiger charge is -2.22. The van der Waals surface area contributed by atoms with E-state index >= 15 is 0 Å². The fourth-order valence-corrected chi connectivity index (χ4v) is 1.56. The highest BCUT2D eigenvalue weighted by Gasteiger charge is 2.19. The molecule has 0 aromatic heterocycles. The Morgan fingerprint density at radius 2 is 2.18 bits per heavy atom. The van der Waals surface area contributed by atoms with Crippen LogP contribution in [0.25, 0.3) is 0 Å². The SMILES string of the molecule is CC(C)(CO)CNC(=O)c1cc(S)ccc1Cl. The summed E-state index contributed by atoms with van der Waals surface area (Å²) in [5.41, 5.74) is 0.0497. The van der Waals surface area contributed by atoms with Crippen LogP contribution in [0.1, 0.15) is 24.2 Å². The van der Waals surface area contributed by atoms with Crippen molar-refractivity contribution >= 4 is 30.1 Å². The van der Waals surface area contributed by atoms with Gasteiger partial charge in [-0.2, -0.15) is 0 Å². The van der Waals surface area contributed by atoms with Crippen LogP contribution in [0.15, 0.2) is 23.1 Å². The van der Waals surface area contributed by atoms with Gasteiger partial charge in [0.15, 0.2) is 0 Å². The minimum Gasteiger partial charge on any atom is -0.396 e. The van der Waals surface area contributed by atoms with Crippen molar-refractivity contribution < 1.29 is 9.90 Å². The number of carbonyl (C=O) groups excluding carboxylic acids is 1. The zero-order valence-electron chi connectivity index (χ0n) is 9.83. The largest absolute Gasteiger partial charge is 0.396 e. The van der Waals surface area contributed by atoms with E-state index < -0.39 is 0 Å². The lowest BCUT2D eigenvalue weighted by atomic mass is 9.95. The fraction of sp³-hybridized carbons (Fsp3) is 0.417. The lowest BCUT2D eigenvalue weighted by molar-refractivity contribution is 0.0911. The van der Waals surface area contributed by atoms with Crippen LogP contribution in [0.5, 0.6) is 0 Å². The van der Waals surface area contributed by atoms with Gasteiger partial charge in [-0.3, -0.25) is 4.79 Å². The summed E-state index contributed by atoms with van der Waals surface area (Å²) in [6.07, 6.45) is 0. The summed E-state index contributed by atoms with van der Waals surface area (Å²) in [6.45, 7) is 4.12. The molecule has 0 unspecified atom stereocenters. The Bertz CT molecular complexity index is 421. The number of carbonyl (C=O) groups is 1. The van der Waals surface area contributed by atoms with Gasteiger partial charge < -0.3 is 10.4 Å². The highest BCUT2D eigenvalue weighted by molar-refractivity contribution is 7.80. The van der Waals surface area contributed by atoms with Gasteiger partial charge in [-0.15, -0.1) is 12.6 Å². The first-order chi connectivity index (χ1) is 7.85. The molecule has 3 nitrogen and oxygen atoms in total. The Morgan fingerprint density at radius 3 is 2.76 bits per heavy atom. The Kier molecular flexibility index (Phi) is 4.86. The van der Waals surface area contributed by atoms with E-state index in [4.69, 9.17) is 16.7 Å². The summed E-state index contributed by atoms with van der Waals surface area (Å²) < 4.78 is 0. The Balaban J connectivity index is 2.74. The Morgan fingerprint density at radius 1 is 1.53 bits per heavy atom. The van der Waals surface area contributed by atoms with Crippen molar-refractivity contribution in [2.45, 2.75) is 18.7 Å². The van der Waals surface area contributed by atoms with E-state index in [0.29, 0.717) is 22.0 Å². The summed E-state index contributed by atoms with van der Waals surface area (Å²) in [7, 11) is 0. The third-order valence-corrected chi connectivity index (χ3v) is 2.96. The number of rotatable bonds is 4. The van der Waals surface area contributed by atoms with Gasteiger partial charge >= 0.3 is 0 Å². The van der Waals surface area contributed by atoms with Gasteiger partial charge in [0.1, 0.15) is 0 Å². The second-order valence-electron chi connectivity index (χ2n) is 4.67. The van der Waals surface area contributed by atoms with E-state index in [-0.39, 0.29) is 17.9 Å². The van der Waals surface area contributed by atoms with Crippen LogP contribution in [0.3, 0.4) is 0 Å². The van der Waals surface area contributed by atoms with Crippen LogP contribution in [0, 0.1) is 5.41 Å². The third-order valence-electron chi connectivity index (χ3n) is 2.35. The molecule has 0 saturated carbocycles. The zero-order chi connectivity index (χ0) is 13.1. The third kappa shape index (κ3) is 4.22. The van der Waals surface area contributed by atoms with Gasteiger partial charge in [0.2, 0.25) is 0 Å². The molecule has 0 bridgehead atoms. The number of nitrogens with one attached hydrogen (secondary N) is 1. The van der Waals surface area contributed by atoms with Crippen LogP contribution in [-0.2, 0) is 0 Å². The molecule has 0 atom stereocenters. The molecule has 17 heavy (non-hydrogen) atoms. The van der Waals surface area contributed by atoms with Crippen molar-refractivity contribution in [3.63, 3.8) is 0 Å². The summed E-state index contributed by atoms with van der Waals surface area (Å²) in [6, 6.07) is 4.97. The highest BCUT2D eigenvalue weighted by atomic mass is 35.5. The van der Waals surface area contributed by atoms with Crippen molar-refractivity contribution in [3.05, 3.63) is 28.8 Å². The lowest BCUT2D eigenvalue weighted by Crippen LogP contribution is -2.36. The summed E-state index contributed by atoms with van der Waals surface area (Å²) in [4.78, 5) is 12.6. The van der Waals surface area contributed by atoms with Crippen molar-refractivity contribution in [3.8, 4) is 0 Å². The van der Waals surface area contributed by atoms with Crippen molar-refractivity contribution in [1.82, 2.24) is 5.32 Å². The quantitative estimate of drug-likeness (QED) is 0.738. The van der Waals surface area contributed by atoms with Crippen LogP contribution < -0.4 is 5.32 Å². The molecule has 0 aliphatic heterocycles. The smallest absolute Gasteiger partial charge is 0.252 e. The van der Waals surface area contributed by atoms with Gasteiger partial charge in [-0.1, -0.05) is 25.4 Å². The predicted molar refractivity (Wildman–Crippen MR) is 71.9 cm³/mol. The number of halogens is 1. The number of hydrogen-bond donors (Lipinski definition) is 3. The maximum absolute atomic E-state index is 11.9.